The molecule has 0 radical (unpaired) electrons. The minimum atomic E-state index is -0.294. The van der Waals surface area contributed by atoms with E-state index in [4.69, 9.17) is 0 Å². The molecule has 152 valence electrons. The topological polar surface area (TPSA) is 82.6 Å². The van der Waals surface area contributed by atoms with Gasteiger partial charge in [-0.3, -0.25) is 19.4 Å². The second-order valence-electron chi connectivity index (χ2n) is 7.18. The number of carbonyl (C=O) groups excluding carboxylic acids is 3. The highest BCUT2D eigenvalue weighted by Crippen LogP contribution is 2.22. The second-order valence-corrected chi connectivity index (χ2v) is 7.18. The highest BCUT2D eigenvalue weighted by Gasteiger charge is 2.24. The first-order chi connectivity index (χ1) is 13.9. The van der Waals surface area contributed by atoms with Crippen molar-refractivity contribution in [1.82, 2.24) is 14.8 Å². The fraction of sp³-hybridized carbons (Fsp3) is 0.364. The van der Waals surface area contributed by atoms with Gasteiger partial charge in [-0.05, 0) is 30.5 Å². The number of nitrogens with one attached hydrogen (secondary N) is 1. The van der Waals surface area contributed by atoms with Crippen LogP contribution in [0.15, 0.2) is 36.7 Å². The van der Waals surface area contributed by atoms with Gasteiger partial charge < -0.3 is 15.1 Å². The first-order valence-corrected chi connectivity index (χ1v) is 9.80. The van der Waals surface area contributed by atoms with Crippen LogP contribution in [0.3, 0.4) is 0 Å². The fourth-order valence-corrected chi connectivity index (χ4v) is 3.48. The van der Waals surface area contributed by atoms with Gasteiger partial charge in [0.2, 0.25) is 5.91 Å². The Labute approximate surface area is 170 Å². The number of aromatic nitrogens is 1. The van der Waals surface area contributed by atoms with Gasteiger partial charge in [-0.15, -0.1) is 0 Å². The van der Waals surface area contributed by atoms with Crippen molar-refractivity contribution in [2.24, 2.45) is 0 Å². The molecule has 0 unspecified atom stereocenters. The van der Waals surface area contributed by atoms with Gasteiger partial charge in [0.05, 0.1) is 11.1 Å². The summed E-state index contributed by atoms with van der Waals surface area (Å²) in [5.74, 6) is -0.460. The Morgan fingerprint density at radius 1 is 1.03 bits per heavy atom. The number of para-hydroxylation sites is 1. The first-order valence-electron chi connectivity index (χ1n) is 9.80. The summed E-state index contributed by atoms with van der Waals surface area (Å²) >= 11 is 0. The van der Waals surface area contributed by atoms with Crippen molar-refractivity contribution in [3.63, 3.8) is 0 Å². The number of nitrogens with zero attached hydrogens (tertiary/aromatic N) is 3. The third-order valence-electron chi connectivity index (χ3n) is 5.24. The third kappa shape index (κ3) is 4.62. The van der Waals surface area contributed by atoms with Gasteiger partial charge in [0, 0.05) is 51.2 Å². The minimum absolute atomic E-state index is 0.0140. The van der Waals surface area contributed by atoms with Gasteiger partial charge in [0.1, 0.15) is 0 Å². The van der Waals surface area contributed by atoms with Crippen molar-refractivity contribution in [2.45, 2.75) is 27.2 Å². The quantitative estimate of drug-likeness (QED) is 0.864. The number of hydrogen-bond donors (Lipinski definition) is 1. The Morgan fingerprint density at radius 3 is 2.34 bits per heavy atom. The number of hydrogen-bond acceptors (Lipinski definition) is 4. The van der Waals surface area contributed by atoms with Gasteiger partial charge in [-0.25, -0.2) is 0 Å². The van der Waals surface area contributed by atoms with Gasteiger partial charge in [0.15, 0.2) is 0 Å². The van der Waals surface area contributed by atoms with E-state index in [-0.39, 0.29) is 17.7 Å². The normalized spacial score (nSPS) is 13.9. The number of carbonyl (C=O) groups is 3. The first kappa shape index (κ1) is 20.5. The molecule has 3 rings (SSSR count). The van der Waals surface area contributed by atoms with Crippen LogP contribution in [0.1, 0.15) is 45.7 Å². The molecule has 7 nitrogen and oxygen atoms in total. The lowest BCUT2D eigenvalue weighted by atomic mass is 10.1. The molecule has 1 saturated heterocycles. The van der Waals surface area contributed by atoms with Gasteiger partial charge >= 0.3 is 0 Å². The van der Waals surface area contributed by atoms with E-state index < -0.39 is 0 Å². The van der Waals surface area contributed by atoms with Crippen molar-refractivity contribution in [3.05, 3.63) is 58.9 Å². The average Bonchev–Trinajstić information content (AvgIpc) is 2.74. The molecule has 2 heterocycles. The van der Waals surface area contributed by atoms with E-state index >= 15 is 0 Å². The minimum Gasteiger partial charge on any atom is -0.339 e. The van der Waals surface area contributed by atoms with E-state index in [0.717, 1.165) is 23.2 Å². The molecule has 0 aliphatic carbocycles. The van der Waals surface area contributed by atoms with Crippen LogP contribution in [0.4, 0.5) is 5.69 Å². The molecule has 3 amide bonds. The van der Waals surface area contributed by atoms with Crippen molar-refractivity contribution < 1.29 is 14.4 Å². The molecule has 1 fully saturated rings. The van der Waals surface area contributed by atoms with E-state index in [2.05, 4.69) is 10.3 Å². The SMILES string of the molecule is CCc1cccc(C)c1NC(=O)c1cncc(C(=O)N2CCN(C(C)=O)CC2)c1. The smallest absolute Gasteiger partial charge is 0.257 e. The van der Waals surface area contributed by atoms with Crippen molar-refractivity contribution in [3.8, 4) is 0 Å². The lowest BCUT2D eigenvalue weighted by Gasteiger charge is -2.34. The molecule has 29 heavy (non-hydrogen) atoms. The number of benzene rings is 1. The molecule has 0 spiro atoms. The Morgan fingerprint density at radius 2 is 1.69 bits per heavy atom. The van der Waals surface area contributed by atoms with Gasteiger partial charge in [0.25, 0.3) is 11.8 Å². The maximum Gasteiger partial charge on any atom is 0.257 e. The molecule has 1 aromatic heterocycles. The molecule has 1 aliphatic heterocycles. The molecule has 1 aromatic carbocycles. The molecule has 0 saturated carbocycles. The van der Waals surface area contributed by atoms with E-state index in [0.29, 0.717) is 37.3 Å². The Balaban J connectivity index is 1.73. The summed E-state index contributed by atoms with van der Waals surface area (Å²) in [6, 6.07) is 7.48. The van der Waals surface area contributed by atoms with Crippen molar-refractivity contribution >= 4 is 23.4 Å². The summed E-state index contributed by atoms with van der Waals surface area (Å²) in [5, 5.41) is 2.96. The Bertz CT molecular complexity index is 933. The highest BCUT2D eigenvalue weighted by atomic mass is 16.2. The lowest BCUT2D eigenvalue weighted by molar-refractivity contribution is -0.130. The van der Waals surface area contributed by atoms with Crippen LogP contribution in [-0.2, 0) is 11.2 Å². The zero-order valence-corrected chi connectivity index (χ0v) is 17.1. The molecular formula is C22H26N4O3. The summed E-state index contributed by atoms with van der Waals surface area (Å²) in [6.07, 6.45) is 3.74. The largest absolute Gasteiger partial charge is 0.339 e. The maximum absolute atomic E-state index is 12.8. The molecule has 7 heteroatoms. The van der Waals surface area contributed by atoms with Crippen LogP contribution in [0.25, 0.3) is 0 Å². The average molecular weight is 394 g/mol. The summed E-state index contributed by atoms with van der Waals surface area (Å²) in [6.45, 7) is 7.49. The molecule has 0 atom stereocenters. The summed E-state index contributed by atoms with van der Waals surface area (Å²) in [7, 11) is 0. The maximum atomic E-state index is 12.8. The van der Waals surface area contributed by atoms with Crippen LogP contribution >= 0.6 is 0 Å². The van der Waals surface area contributed by atoms with Crippen LogP contribution in [-0.4, -0.2) is 58.7 Å². The number of amides is 3. The Hall–Kier alpha value is -3.22. The zero-order chi connectivity index (χ0) is 21.0. The lowest BCUT2D eigenvalue weighted by Crippen LogP contribution is -2.50. The van der Waals surface area contributed by atoms with Crippen LogP contribution in [0.2, 0.25) is 0 Å². The van der Waals surface area contributed by atoms with Crippen molar-refractivity contribution in [2.75, 3.05) is 31.5 Å². The summed E-state index contributed by atoms with van der Waals surface area (Å²) < 4.78 is 0. The van der Waals surface area contributed by atoms with E-state index in [9.17, 15) is 14.4 Å². The van der Waals surface area contributed by atoms with E-state index in [1.54, 1.807) is 15.9 Å². The van der Waals surface area contributed by atoms with Crippen LogP contribution in [0, 0.1) is 6.92 Å². The molecule has 1 N–H and O–H groups in total. The highest BCUT2D eigenvalue weighted by molar-refractivity contribution is 6.06. The number of aryl methyl sites for hydroxylation is 2. The number of rotatable bonds is 4. The summed E-state index contributed by atoms with van der Waals surface area (Å²) in [4.78, 5) is 44.6. The number of pyridine rings is 1. The van der Waals surface area contributed by atoms with Crippen molar-refractivity contribution in [1.29, 1.82) is 0 Å². The van der Waals surface area contributed by atoms with Gasteiger partial charge in [-0.1, -0.05) is 25.1 Å². The van der Waals surface area contributed by atoms with E-state index in [1.165, 1.54) is 19.3 Å². The third-order valence-corrected chi connectivity index (χ3v) is 5.24. The number of piperazine rings is 1. The second kappa shape index (κ2) is 8.86. The Kier molecular flexibility index (Phi) is 6.26. The van der Waals surface area contributed by atoms with E-state index in [1.807, 2.05) is 32.0 Å². The predicted octanol–water partition coefficient (Wildman–Crippen LogP) is 2.51. The predicted molar refractivity (Wildman–Crippen MR) is 111 cm³/mol. The van der Waals surface area contributed by atoms with Gasteiger partial charge in [-0.2, -0.15) is 0 Å². The number of anilines is 1. The zero-order valence-electron chi connectivity index (χ0n) is 17.1. The molecule has 2 aromatic rings. The summed E-state index contributed by atoms with van der Waals surface area (Å²) in [5.41, 5.74) is 3.55. The van der Waals surface area contributed by atoms with Crippen LogP contribution in [0.5, 0.6) is 0 Å². The molecule has 0 bridgehead atoms. The fourth-order valence-electron chi connectivity index (χ4n) is 3.48. The standard InChI is InChI=1S/C22H26N4O3/c1-4-17-7-5-6-15(2)20(17)24-21(28)18-12-19(14-23-13-18)22(29)26-10-8-25(9-11-26)16(3)27/h5-7,12-14H,4,8-11H2,1-3H3,(H,24,28). The van der Waals surface area contributed by atoms with Crippen LogP contribution < -0.4 is 5.32 Å². The molecule has 1 aliphatic rings. The molecular weight excluding hydrogens is 368 g/mol. The monoisotopic (exact) mass is 394 g/mol.